The third-order valence-corrected chi connectivity index (χ3v) is 2.96. The summed E-state index contributed by atoms with van der Waals surface area (Å²) in [6.45, 7) is 2.04. The van der Waals surface area contributed by atoms with Gasteiger partial charge in [0, 0.05) is 5.69 Å². The number of esters is 1. The molecule has 0 atom stereocenters. The van der Waals surface area contributed by atoms with Gasteiger partial charge in [0.15, 0.2) is 0 Å². The van der Waals surface area contributed by atoms with Crippen LogP contribution >= 0.6 is 0 Å². The number of benzene rings is 2. The molecule has 2 N–H and O–H groups in total. The molecule has 0 aromatic heterocycles. The van der Waals surface area contributed by atoms with Crippen LogP contribution in [0.5, 0.6) is 5.75 Å². The molecule has 0 bridgehead atoms. The summed E-state index contributed by atoms with van der Waals surface area (Å²) in [4.78, 5) is 23.6. The van der Waals surface area contributed by atoms with Crippen LogP contribution in [0, 0.1) is 0 Å². The number of phenolic OH excluding ortho intramolecular Hbond substituents is 1. The molecule has 5 heteroatoms. The zero-order chi connectivity index (χ0) is 15.9. The SMILES string of the molecule is CCOC(=O)c1cccc(NC(=O)Cc2ccc(O)cc2)c1. The number of rotatable bonds is 5. The van der Waals surface area contributed by atoms with Crippen LogP contribution < -0.4 is 5.32 Å². The maximum Gasteiger partial charge on any atom is 0.338 e. The third kappa shape index (κ3) is 4.34. The van der Waals surface area contributed by atoms with Gasteiger partial charge in [0.1, 0.15) is 5.75 Å². The molecule has 2 aromatic rings. The van der Waals surface area contributed by atoms with Crippen LogP contribution in [0.4, 0.5) is 5.69 Å². The minimum Gasteiger partial charge on any atom is -0.508 e. The van der Waals surface area contributed by atoms with Crippen molar-refractivity contribution < 1.29 is 19.4 Å². The fourth-order valence-electron chi connectivity index (χ4n) is 1.94. The molecule has 0 unspecified atom stereocenters. The van der Waals surface area contributed by atoms with E-state index in [0.29, 0.717) is 17.9 Å². The van der Waals surface area contributed by atoms with Crippen molar-refractivity contribution in [1.29, 1.82) is 0 Å². The molecule has 22 heavy (non-hydrogen) atoms. The van der Waals surface area contributed by atoms with Crippen molar-refractivity contribution in [1.82, 2.24) is 0 Å². The van der Waals surface area contributed by atoms with Gasteiger partial charge in [-0.05, 0) is 42.8 Å². The normalized spacial score (nSPS) is 10.0. The molecule has 0 saturated carbocycles. The molecule has 2 aromatic carbocycles. The van der Waals surface area contributed by atoms with Crippen molar-refractivity contribution in [3.05, 3.63) is 59.7 Å². The van der Waals surface area contributed by atoms with E-state index in [1.54, 1.807) is 43.3 Å². The molecule has 0 spiro atoms. The van der Waals surface area contributed by atoms with Crippen molar-refractivity contribution in [3.63, 3.8) is 0 Å². The van der Waals surface area contributed by atoms with Crippen molar-refractivity contribution in [2.45, 2.75) is 13.3 Å². The summed E-state index contributed by atoms with van der Waals surface area (Å²) in [5, 5.41) is 11.9. The van der Waals surface area contributed by atoms with Gasteiger partial charge in [-0.3, -0.25) is 4.79 Å². The van der Waals surface area contributed by atoms with Gasteiger partial charge in [-0.1, -0.05) is 18.2 Å². The van der Waals surface area contributed by atoms with Gasteiger partial charge >= 0.3 is 5.97 Å². The highest BCUT2D eigenvalue weighted by Gasteiger charge is 2.09. The molecule has 0 aliphatic rings. The zero-order valence-corrected chi connectivity index (χ0v) is 12.2. The molecule has 0 fully saturated rings. The lowest BCUT2D eigenvalue weighted by Crippen LogP contribution is -2.15. The maximum atomic E-state index is 12.0. The highest BCUT2D eigenvalue weighted by atomic mass is 16.5. The van der Waals surface area contributed by atoms with Crippen LogP contribution in [0.15, 0.2) is 48.5 Å². The summed E-state index contributed by atoms with van der Waals surface area (Å²) in [7, 11) is 0. The Morgan fingerprint density at radius 2 is 1.86 bits per heavy atom. The largest absolute Gasteiger partial charge is 0.508 e. The Hall–Kier alpha value is -2.82. The summed E-state index contributed by atoms with van der Waals surface area (Å²) in [5.74, 6) is -0.463. The van der Waals surface area contributed by atoms with Crippen molar-refractivity contribution in [3.8, 4) is 5.75 Å². The van der Waals surface area contributed by atoms with Gasteiger partial charge in [-0.2, -0.15) is 0 Å². The first-order valence-corrected chi connectivity index (χ1v) is 6.93. The fraction of sp³-hybridized carbons (Fsp3) is 0.176. The van der Waals surface area contributed by atoms with E-state index >= 15 is 0 Å². The molecule has 0 aliphatic carbocycles. The first-order valence-electron chi connectivity index (χ1n) is 6.93. The molecular formula is C17H17NO4. The van der Waals surface area contributed by atoms with E-state index in [9.17, 15) is 14.7 Å². The number of carbonyl (C=O) groups is 2. The van der Waals surface area contributed by atoms with E-state index in [1.807, 2.05) is 0 Å². The predicted octanol–water partition coefficient (Wildman–Crippen LogP) is 2.75. The first-order chi connectivity index (χ1) is 10.6. The van der Waals surface area contributed by atoms with Gasteiger partial charge in [0.25, 0.3) is 0 Å². The molecule has 5 nitrogen and oxygen atoms in total. The Kier molecular flexibility index (Phi) is 5.14. The van der Waals surface area contributed by atoms with Gasteiger partial charge in [0.2, 0.25) is 5.91 Å². The summed E-state index contributed by atoms with van der Waals surface area (Å²) >= 11 is 0. The molecule has 0 heterocycles. The van der Waals surface area contributed by atoms with Gasteiger partial charge < -0.3 is 15.2 Å². The Morgan fingerprint density at radius 3 is 2.55 bits per heavy atom. The number of phenols is 1. The van der Waals surface area contributed by atoms with E-state index in [2.05, 4.69) is 5.32 Å². The van der Waals surface area contributed by atoms with Crippen LogP contribution in [0.2, 0.25) is 0 Å². The number of amides is 1. The van der Waals surface area contributed by atoms with Gasteiger partial charge in [-0.15, -0.1) is 0 Å². The average Bonchev–Trinajstić information content (AvgIpc) is 2.50. The standard InChI is InChI=1S/C17H17NO4/c1-2-22-17(21)13-4-3-5-14(11-13)18-16(20)10-12-6-8-15(19)9-7-12/h3-9,11,19H,2,10H2,1H3,(H,18,20). The molecule has 0 saturated heterocycles. The molecule has 114 valence electrons. The predicted molar refractivity (Wildman–Crippen MR) is 82.8 cm³/mol. The lowest BCUT2D eigenvalue weighted by molar-refractivity contribution is -0.115. The lowest BCUT2D eigenvalue weighted by atomic mass is 10.1. The van der Waals surface area contributed by atoms with Crippen LogP contribution in [-0.4, -0.2) is 23.6 Å². The van der Waals surface area contributed by atoms with Crippen LogP contribution in [0.3, 0.4) is 0 Å². The second-order valence-electron chi connectivity index (χ2n) is 4.69. The topological polar surface area (TPSA) is 75.6 Å². The second-order valence-corrected chi connectivity index (χ2v) is 4.69. The van der Waals surface area contributed by atoms with Crippen molar-refractivity contribution >= 4 is 17.6 Å². The number of anilines is 1. The Morgan fingerprint density at radius 1 is 1.14 bits per heavy atom. The number of carbonyl (C=O) groups excluding carboxylic acids is 2. The van der Waals surface area contributed by atoms with Crippen LogP contribution in [0.1, 0.15) is 22.8 Å². The smallest absolute Gasteiger partial charge is 0.338 e. The molecule has 1 amide bonds. The number of nitrogens with one attached hydrogen (secondary N) is 1. The highest BCUT2D eigenvalue weighted by Crippen LogP contribution is 2.14. The van der Waals surface area contributed by atoms with E-state index < -0.39 is 5.97 Å². The molecule has 0 radical (unpaired) electrons. The van der Waals surface area contributed by atoms with E-state index in [0.717, 1.165) is 5.56 Å². The van der Waals surface area contributed by atoms with Crippen LogP contribution in [0.25, 0.3) is 0 Å². The summed E-state index contributed by atoms with van der Waals surface area (Å²) in [6.07, 6.45) is 0.184. The lowest BCUT2D eigenvalue weighted by Gasteiger charge is -2.07. The minimum absolute atomic E-state index is 0.159. The maximum absolute atomic E-state index is 12.0. The number of aromatic hydroxyl groups is 1. The van der Waals surface area contributed by atoms with Crippen molar-refractivity contribution in [2.24, 2.45) is 0 Å². The number of hydrogen-bond acceptors (Lipinski definition) is 4. The summed E-state index contributed by atoms with van der Waals surface area (Å²) < 4.78 is 4.92. The Bertz CT molecular complexity index is 665. The quantitative estimate of drug-likeness (QED) is 0.832. The monoisotopic (exact) mass is 299 g/mol. The fourth-order valence-corrected chi connectivity index (χ4v) is 1.94. The molecule has 2 rings (SSSR count). The zero-order valence-electron chi connectivity index (χ0n) is 12.2. The minimum atomic E-state index is -0.419. The average molecular weight is 299 g/mol. The first kappa shape index (κ1) is 15.6. The van der Waals surface area contributed by atoms with E-state index in [1.165, 1.54) is 12.1 Å². The van der Waals surface area contributed by atoms with Gasteiger partial charge in [-0.25, -0.2) is 4.79 Å². The number of ether oxygens (including phenoxy) is 1. The van der Waals surface area contributed by atoms with Gasteiger partial charge in [0.05, 0.1) is 18.6 Å². The second kappa shape index (κ2) is 7.26. The summed E-state index contributed by atoms with van der Waals surface area (Å²) in [6, 6.07) is 13.0. The van der Waals surface area contributed by atoms with E-state index in [-0.39, 0.29) is 18.1 Å². The highest BCUT2D eigenvalue weighted by molar-refractivity contribution is 5.95. The summed E-state index contributed by atoms with van der Waals surface area (Å²) in [5.41, 5.74) is 1.72. The van der Waals surface area contributed by atoms with Crippen molar-refractivity contribution in [2.75, 3.05) is 11.9 Å². The molecular weight excluding hydrogens is 282 g/mol. The van der Waals surface area contributed by atoms with E-state index in [4.69, 9.17) is 4.74 Å². The molecule has 0 aliphatic heterocycles. The Balaban J connectivity index is 2.00. The Labute approximate surface area is 128 Å². The van der Waals surface area contributed by atoms with Crippen LogP contribution in [-0.2, 0) is 16.0 Å². The number of hydrogen-bond donors (Lipinski definition) is 2. The third-order valence-electron chi connectivity index (χ3n) is 2.96.